The van der Waals surface area contributed by atoms with Crippen LogP contribution in [0.25, 0.3) is 0 Å². The van der Waals surface area contributed by atoms with E-state index < -0.39 is 17.5 Å². The molecule has 138 valence electrons. The van der Waals surface area contributed by atoms with Gasteiger partial charge < -0.3 is 15.3 Å². The maximum atomic E-state index is 12.6. The molecular formula is C17H25N3O5. The lowest BCUT2D eigenvalue weighted by Crippen LogP contribution is -2.48. The maximum absolute atomic E-state index is 12.6. The van der Waals surface area contributed by atoms with Gasteiger partial charge in [-0.25, -0.2) is 4.79 Å². The lowest BCUT2D eigenvalue weighted by Gasteiger charge is -2.33. The molecule has 0 radical (unpaired) electrons. The number of carbonyl (C=O) groups is 4. The first-order valence-corrected chi connectivity index (χ1v) is 9.05. The van der Waals surface area contributed by atoms with Crippen molar-refractivity contribution in [2.45, 2.75) is 56.9 Å². The van der Waals surface area contributed by atoms with Crippen molar-refractivity contribution < 1.29 is 24.3 Å². The third-order valence-electron chi connectivity index (χ3n) is 5.63. The number of carboxylic acid groups (broad SMARTS) is 1. The number of piperidine rings is 1. The molecule has 0 aromatic carbocycles. The molecule has 0 aromatic rings. The number of carboxylic acids is 1. The van der Waals surface area contributed by atoms with Gasteiger partial charge >= 0.3 is 12.0 Å². The quantitative estimate of drug-likeness (QED) is 0.717. The molecule has 2 aliphatic heterocycles. The molecule has 1 atom stereocenters. The van der Waals surface area contributed by atoms with Gasteiger partial charge in [0.1, 0.15) is 12.1 Å². The number of urea groups is 1. The standard InChI is InChI=1S/C17H25N3O5/c21-13(19-9-3-4-12(10-19)5-6-14(22)23)11-20-15(24)17(18-16(20)25)7-1-2-8-17/h12H,1-11H2,(H,18,25)(H,22,23). The zero-order valence-corrected chi connectivity index (χ0v) is 14.3. The van der Waals surface area contributed by atoms with Gasteiger partial charge in [0.15, 0.2) is 0 Å². The Morgan fingerprint density at radius 2 is 1.92 bits per heavy atom. The highest BCUT2D eigenvalue weighted by Crippen LogP contribution is 2.35. The van der Waals surface area contributed by atoms with Crippen LogP contribution in [0.2, 0.25) is 0 Å². The lowest BCUT2D eigenvalue weighted by molar-refractivity contribution is -0.140. The van der Waals surface area contributed by atoms with Crippen LogP contribution in [-0.4, -0.2) is 63.9 Å². The third kappa shape index (κ3) is 3.62. The molecule has 3 aliphatic rings. The van der Waals surface area contributed by atoms with Gasteiger partial charge in [-0.05, 0) is 38.0 Å². The monoisotopic (exact) mass is 351 g/mol. The Morgan fingerprint density at radius 3 is 2.60 bits per heavy atom. The number of likely N-dealkylation sites (tertiary alicyclic amines) is 1. The molecule has 8 heteroatoms. The highest BCUT2D eigenvalue weighted by atomic mass is 16.4. The Morgan fingerprint density at radius 1 is 1.20 bits per heavy atom. The van der Waals surface area contributed by atoms with Gasteiger partial charge in [0.2, 0.25) is 5.91 Å². The van der Waals surface area contributed by atoms with E-state index in [-0.39, 0.29) is 30.7 Å². The molecule has 1 aliphatic carbocycles. The molecule has 3 rings (SSSR count). The largest absolute Gasteiger partial charge is 0.481 e. The van der Waals surface area contributed by atoms with E-state index in [1.54, 1.807) is 4.90 Å². The Labute approximate surface area is 146 Å². The van der Waals surface area contributed by atoms with Crippen LogP contribution in [-0.2, 0) is 14.4 Å². The van der Waals surface area contributed by atoms with Gasteiger partial charge in [0, 0.05) is 19.5 Å². The van der Waals surface area contributed by atoms with E-state index >= 15 is 0 Å². The van der Waals surface area contributed by atoms with E-state index in [2.05, 4.69) is 5.32 Å². The summed E-state index contributed by atoms with van der Waals surface area (Å²) in [5.41, 5.74) is -0.788. The molecule has 4 amide bonds. The van der Waals surface area contributed by atoms with E-state index in [0.29, 0.717) is 32.4 Å². The summed E-state index contributed by atoms with van der Waals surface area (Å²) in [6, 6.07) is -0.473. The van der Waals surface area contributed by atoms with Gasteiger partial charge in [0.25, 0.3) is 5.91 Å². The van der Waals surface area contributed by atoms with E-state index in [1.807, 2.05) is 0 Å². The van der Waals surface area contributed by atoms with Crippen LogP contribution in [0.4, 0.5) is 4.79 Å². The Hall–Kier alpha value is -2.12. The summed E-state index contributed by atoms with van der Waals surface area (Å²) in [6.07, 6.45) is 5.47. The molecular weight excluding hydrogens is 326 g/mol. The van der Waals surface area contributed by atoms with Gasteiger partial charge in [-0.2, -0.15) is 0 Å². The normalized spacial score (nSPS) is 25.5. The van der Waals surface area contributed by atoms with Crippen LogP contribution < -0.4 is 5.32 Å². The maximum Gasteiger partial charge on any atom is 0.325 e. The molecule has 2 heterocycles. The molecule has 1 spiro atoms. The van der Waals surface area contributed by atoms with Crippen LogP contribution in [0.5, 0.6) is 0 Å². The number of nitrogens with one attached hydrogen (secondary N) is 1. The predicted molar refractivity (Wildman–Crippen MR) is 87.6 cm³/mol. The average Bonchev–Trinajstić information content (AvgIpc) is 3.14. The van der Waals surface area contributed by atoms with Gasteiger partial charge in [-0.3, -0.25) is 19.3 Å². The topological polar surface area (TPSA) is 107 Å². The van der Waals surface area contributed by atoms with Crippen LogP contribution in [0, 0.1) is 5.92 Å². The summed E-state index contributed by atoms with van der Waals surface area (Å²) < 4.78 is 0. The van der Waals surface area contributed by atoms with Gasteiger partial charge in [-0.15, -0.1) is 0 Å². The number of hydrogen-bond donors (Lipinski definition) is 2. The number of nitrogens with zero attached hydrogens (tertiary/aromatic N) is 2. The summed E-state index contributed by atoms with van der Waals surface area (Å²) in [4.78, 5) is 50.8. The first-order valence-electron chi connectivity index (χ1n) is 9.05. The highest BCUT2D eigenvalue weighted by molar-refractivity contribution is 6.09. The van der Waals surface area contributed by atoms with Crippen LogP contribution in [0.1, 0.15) is 51.4 Å². The predicted octanol–water partition coefficient (Wildman–Crippen LogP) is 0.954. The summed E-state index contributed by atoms with van der Waals surface area (Å²) >= 11 is 0. The van der Waals surface area contributed by atoms with Crippen molar-refractivity contribution in [1.29, 1.82) is 0 Å². The summed E-state index contributed by atoms with van der Waals surface area (Å²) in [5, 5.41) is 11.6. The second-order valence-electron chi connectivity index (χ2n) is 7.39. The van der Waals surface area contributed by atoms with Crippen molar-refractivity contribution in [3.63, 3.8) is 0 Å². The van der Waals surface area contributed by atoms with Crippen molar-refractivity contribution >= 4 is 23.8 Å². The Bertz CT molecular complexity index is 585. The minimum absolute atomic E-state index is 0.0994. The molecule has 0 bridgehead atoms. The molecule has 0 aromatic heterocycles. The van der Waals surface area contributed by atoms with E-state index in [9.17, 15) is 19.2 Å². The minimum atomic E-state index is -0.829. The van der Waals surface area contributed by atoms with E-state index in [1.165, 1.54) is 0 Å². The van der Waals surface area contributed by atoms with Crippen molar-refractivity contribution in [2.24, 2.45) is 5.92 Å². The van der Waals surface area contributed by atoms with Crippen LogP contribution in [0.3, 0.4) is 0 Å². The molecule has 1 unspecified atom stereocenters. The van der Waals surface area contributed by atoms with Crippen molar-refractivity contribution in [2.75, 3.05) is 19.6 Å². The van der Waals surface area contributed by atoms with Crippen LogP contribution >= 0.6 is 0 Å². The molecule has 8 nitrogen and oxygen atoms in total. The van der Waals surface area contributed by atoms with Gasteiger partial charge in [-0.1, -0.05) is 12.8 Å². The fourth-order valence-electron chi connectivity index (χ4n) is 4.23. The van der Waals surface area contributed by atoms with E-state index in [4.69, 9.17) is 5.11 Å². The number of imide groups is 1. The third-order valence-corrected chi connectivity index (χ3v) is 5.63. The zero-order chi connectivity index (χ0) is 18.0. The summed E-state index contributed by atoms with van der Waals surface area (Å²) in [6.45, 7) is 0.871. The number of amides is 4. The molecule has 1 saturated carbocycles. The fraction of sp³-hybridized carbons (Fsp3) is 0.765. The Balaban J connectivity index is 1.57. The molecule has 3 fully saturated rings. The smallest absolute Gasteiger partial charge is 0.325 e. The van der Waals surface area contributed by atoms with E-state index in [0.717, 1.165) is 30.6 Å². The molecule has 25 heavy (non-hydrogen) atoms. The first-order chi connectivity index (χ1) is 11.9. The zero-order valence-electron chi connectivity index (χ0n) is 14.3. The minimum Gasteiger partial charge on any atom is -0.481 e. The lowest BCUT2D eigenvalue weighted by atomic mass is 9.93. The molecule has 2 saturated heterocycles. The van der Waals surface area contributed by atoms with Gasteiger partial charge in [0.05, 0.1) is 0 Å². The number of rotatable bonds is 5. The number of carbonyl (C=O) groups excluding carboxylic acids is 3. The molecule has 2 N–H and O–H groups in total. The van der Waals surface area contributed by atoms with Crippen molar-refractivity contribution in [3.05, 3.63) is 0 Å². The second-order valence-corrected chi connectivity index (χ2v) is 7.39. The Kier molecular flexibility index (Phi) is 4.96. The average molecular weight is 351 g/mol. The van der Waals surface area contributed by atoms with Crippen molar-refractivity contribution in [1.82, 2.24) is 15.1 Å². The number of aliphatic carboxylic acids is 1. The van der Waals surface area contributed by atoms with Crippen LogP contribution in [0.15, 0.2) is 0 Å². The SMILES string of the molecule is O=C(O)CCC1CCCN(C(=O)CN2C(=O)NC3(CCCC3)C2=O)C1. The van der Waals surface area contributed by atoms with Crippen molar-refractivity contribution in [3.8, 4) is 0 Å². The summed E-state index contributed by atoms with van der Waals surface area (Å²) in [5.74, 6) is -1.18. The highest BCUT2D eigenvalue weighted by Gasteiger charge is 2.52. The first kappa shape index (κ1) is 17.7. The second kappa shape index (κ2) is 7.01. The fourth-order valence-corrected chi connectivity index (χ4v) is 4.23. The summed E-state index contributed by atoms with van der Waals surface area (Å²) in [7, 11) is 0. The number of hydrogen-bond acceptors (Lipinski definition) is 4.